The SMILES string of the molecule is CC1c2cccc(O)c2C(O)=C2C(=O)C3(O)C(O)=C(C(=O)NCN4CCC(CO[N+](=O)[O-])CC4)C(=O)C(N(C)C)C3C(O)C21. The number of hydrogen-bond acceptors (Lipinski definition) is 13. The van der Waals surface area contributed by atoms with Crippen molar-refractivity contribution in [2.75, 3.05) is 40.5 Å². The van der Waals surface area contributed by atoms with Crippen molar-refractivity contribution < 1.29 is 49.8 Å². The molecule has 6 N–H and O–H groups in total. The van der Waals surface area contributed by atoms with Gasteiger partial charge in [-0.1, -0.05) is 19.1 Å². The second kappa shape index (κ2) is 11.5. The summed E-state index contributed by atoms with van der Waals surface area (Å²) in [5, 5.41) is 69.0. The van der Waals surface area contributed by atoms with Gasteiger partial charge in [-0.15, -0.1) is 10.1 Å². The third kappa shape index (κ3) is 4.80. The standard InChI is InChI=1S/C29H36N4O11/c1-13-15-5-4-6-16(34)18(15)23(35)19-17(13)24(36)21-22(31(2)3)25(37)20(27(39)29(21,41)26(19)38)28(40)30-12-32-9-7-14(8-10-32)11-44-33(42)43/h4-6,13-14,17,21-22,24,34-36,39,41H,7-12H2,1-3H3,(H,30,40). The Morgan fingerprint density at radius 1 is 1.20 bits per heavy atom. The number of carbonyl (C=O) groups is 3. The highest BCUT2D eigenvalue weighted by molar-refractivity contribution is 6.25. The van der Waals surface area contributed by atoms with Crippen molar-refractivity contribution in [2.45, 2.75) is 43.4 Å². The summed E-state index contributed by atoms with van der Waals surface area (Å²) < 4.78 is 0. The van der Waals surface area contributed by atoms with Gasteiger partial charge in [0.2, 0.25) is 5.78 Å². The molecule has 0 bridgehead atoms. The van der Waals surface area contributed by atoms with Crippen LogP contribution in [-0.2, 0) is 19.2 Å². The van der Waals surface area contributed by atoms with E-state index in [0.29, 0.717) is 31.5 Å². The molecule has 0 spiro atoms. The van der Waals surface area contributed by atoms with Gasteiger partial charge in [0.05, 0.1) is 36.9 Å². The maximum atomic E-state index is 14.1. The van der Waals surface area contributed by atoms with Crippen LogP contribution in [0.5, 0.6) is 5.75 Å². The lowest BCUT2D eigenvalue weighted by molar-refractivity contribution is -0.759. The molecule has 6 atom stereocenters. The largest absolute Gasteiger partial charge is 0.508 e. The van der Waals surface area contributed by atoms with Gasteiger partial charge in [0.1, 0.15) is 22.8 Å². The molecule has 2 fully saturated rings. The molecular formula is C29H36N4O11. The number of aliphatic hydroxyl groups is 4. The molecule has 4 aliphatic rings. The van der Waals surface area contributed by atoms with E-state index in [1.807, 2.05) is 4.90 Å². The lowest BCUT2D eigenvalue weighted by atomic mass is 9.54. The maximum Gasteiger partial charge on any atom is 0.294 e. The number of phenols is 1. The number of piperidine rings is 1. The van der Waals surface area contributed by atoms with Crippen molar-refractivity contribution in [2.24, 2.45) is 17.8 Å². The molecule has 15 heteroatoms. The first kappa shape index (κ1) is 31.4. The number of carbonyl (C=O) groups excluding carboxylic acids is 3. The number of nitrogens with one attached hydrogen (secondary N) is 1. The minimum atomic E-state index is -2.95. The fourth-order valence-electron chi connectivity index (χ4n) is 7.31. The topological polar surface area (TPSA) is 223 Å². The predicted octanol–water partition coefficient (Wildman–Crippen LogP) is 0.00450. The van der Waals surface area contributed by atoms with Crippen LogP contribution in [0.1, 0.15) is 36.8 Å². The molecule has 1 saturated heterocycles. The number of aromatic hydroxyl groups is 1. The summed E-state index contributed by atoms with van der Waals surface area (Å²) in [6.45, 7) is 2.51. The van der Waals surface area contributed by atoms with Gasteiger partial charge in [0.25, 0.3) is 11.0 Å². The van der Waals surface area contributed by atoms with Crippen LogP contribution in [0.2, 0.25) is 0 Å². The first-order valence-corrected chi connectivity index (χ1v) is 14.3. The quantitative estimate of drug-likeness (QED) is 0.135. The van der Waals surface area contributed by atoms with E-state index < -0.39 is 80.7 Å². The molecule has 44 heavy (non-hydrogen) atoms. The zero-order valence-corrected chi connectivity index (χ0v) is 24.5. The summed E-state index contributed by atoms with van der Waals surface area (Å²) in [5.41, 5.74) is -3.81. The van der Waals surface area contributed by atoms with Crippen LogP contribution < -0.4 is 5.32 Å². The maximum absolute atomic E-state index is 14.1. The summed E-state index contributed by atoms with van der Waals surface area (Å²) in [4.78, 5) is 59.4. The Labute approximate surface area is 252 Å². The van der Waals surface area contributed by atoms with E-state index in [1.54, 1.807) is 19.1 Å². The van der Waals surface area contributed by atoms with Gasteiger partial charge in [-0.2, -0.15) is 0 Å². The number of hydrogen-bond donors (Lipinski definition) is 6. The molecule has 0 aromatic heterocycles. The van der Waals surface area contributed by atoms with Gasteiger partial charge in [-0.25, -0.2) is 0 Å². The summed E-state index contributed by atoms with van der Waals surface area (Å²) in [6.07, 6.45) is -0.516. The number of aliphatic hydroxyl groups excluding tert-OH is 3. The Morgan fingerprint density at radius 3 is 2.48 bits per heavy atom. The molecule has 238 valence electrons. The molecule has 6 unspecified atom stereocenters. The van der Waals surface area contributed by atoms with E-state index >= 15 is 0 Å². The molecule has 1 aromatic rings. The van der Waals surface area contributed by atoms with Crippen LogP contribution >= 0.6 is 0 Å². The Balaban J connectivity index is 1.48. The second-order valence-corrected chi connectivity index (χ2v) is 12.2. The van der Waals surface area contributed by atoms with E-state index in [2.05, 4.69) is 10.2 Å². The van der Waals surface area contributed by atoms with Crippen LogP contribution in [0.3, 0.4) is 0 Å². The lowest BCUT2D eigenvalue weighted by Gasteiger charge is -2.53. The van der Waals surface area contributed by atoms with Gasteiger partial charge in [0.15, 0.2) is 11.4 Å². The number of likely N-dealkylation sites (tertiary alicyclic amines) is 1. The van der Waals surface area contributed by atoms with Crippen molar-refractivity contribution in [1.82, 2.24) is 15.1 Å². The van der Waals surface area contributed by atoms with Crippen LogP contribution in [0.15, 0.2) is 35.1 Å². The third-order valence-electron chi connectivity index (χ3n) is 9.56. The molecule has 3 aliphatic carbocycles. The zero-order chi connectivity index (χ0) is 32.2. The highest BCUT2D eigenvalue weighted by Crippen LogP contribution is 2.56. The average molecular weight is 617 g/mol. The molecule has 5 rings (SSSR count). The normalized spacial score (nSPS) is 31.0. The number of Topliss-reactive ketones (excluding diaryl/α,β-unsaturated/α-hetero) is 2. The predicted molar refractivity (Wildman–Crippen MR) is 151 cm³/mol. The molecule has 1 heterocycles. The molecular weight excluding hydrogens is 580 g/mol. The fraction of sp³-hybridized carbons (Fsp3) is 0.552. The molecule has 1 aromatic carbocycles. The number of ketones is 2. The van der Waals surface area contributed by atoms with E-state index in [0.717, 1.165) is 0 Å². The number of likely N-dealkylation sites (N-methyl/N-ethyl adjacent to an activating group) is 1. The molecule has 1 aliphatic heterocycles. The van der Waals surface area contributed by atoms with Gasteiger partial charge in [-0.3, -0.25) is 24.2 Å². The van der Waals surface area contributed by atoms with Gasteiger partial charge in [-0.05, 0) is 50.4 Å². The number of phenolic OH excluding ortho intramolecular Hbond substituents is 1. The lowest BCUT2D eigenvalue weighted by Crippen LogP contribution is -2.70. The van der Waals surface area contributed by atoms with E-state index in [4.69, 9.17) is 0 Å². The van der Waals surface area contributed by atoms with E-state index in [-0.39, 0.29) is 30.5 Å². The summed E-state index contributed by atoms with van der Waals surface area (Å²) in [6, 6.07) is 3.08. The number of benzene rings is 1. The average Bonchev–Trinajstić information content (AvgIpc) is 2.97. The smallest absolute Gasteiger partial charge is 0.294 e. The summed E-state index contributed by atoms with van der Waals surface area (Å²) in [7, 11) is 2.96. The van der Waals surface area contributed by atoms with E-state index in [9.17, 15) is 50.0 Å². The van der Waals surface area contributed by atoms with E-state index in [1.165, 1.54) is 25.1 Å². The third-order valence-corrected chi connectivity index (χ3v) is 9.56. The van der Waals surface area contributed by atoms with Crippen molar-refractivity contribution in [3.05, 3.63) is 56.3 Å². The van der Waals surface area contributed by atoms with Gasteiger partial charge < -0.3 is 35.7 Å². The number of nitrogens with zero attached hydrogens (tertiary/aromatic N) is 3. The molecule has 1 saturated carbocycles. The Morgan fingerprint density at radius 2 is 1.86 bits per heavy atom. The Hall–Kier alpha value is -4.05. The molecule has 15 nitrogen and oxygen atoms in total. The van der Waals surface area contributed by atoms with Crippen LogP contribution in [0.4, 0.5) is 0 Å². The highest BCUT2D eigenvalue weighted by Gasteiger charge is 2.68. The Kier molecular flexibility index (Phi) is 8.18. The number of fused-ring (bicyclic) bond motifs is 3. The van der Waals surface area contributed by atoms with Crippen molar-refractivity contribution in [1.29, 1.82) is 0 Å². The summed E-state index contributed by atoms with van der Waals surface area (Å²) >= 11 is 0. The van der Waals surface area contributed by atoms with Gasteiger partial charge in [0, 0.05) is 24.6 Å². The number of rotatable bonds is 7. The van der Waals surface area contributed by atoms with Crippen LogP contribution in [-0.4, -0.2) is 116 Å². The second-order valence-electron chi connectivity index (χ2n) is 12.2. The first-order chi connectivity index (χ1) is 20.7. The zero-order valence-electron chi connectivity index (χ0n) is 24.5. The van der Waals surface area contributed by atoms with Crippen molar-refractivity contribution in [3.63, 3.8) is 0 Å². The fourth-order valence-corrected chi connectivity index (χ4v) is 7.31. The highest BCUT2D eigenvalue weighted by atomic mass is 16.9. The molecule has 0 radical (unpaired) electrons. The molecule has 1 amide bonds. The summed E-state index contributed by atoms with van der Waals surface area (Å²) in [5.74, 6) is -8.73. The van der Waals surface area contributed by atoms with Crippen LogP contribution in [0, 0.1) is 27.9 Å². The Bertz CT molecular complexity index is 1460. The minimum absolute atomic E-state index is 0.0369. The monoisotopic (exact) mass is 616 g/mol. The van der Waals surface area contributed by atoms with Crippen LogP contribution in [0.25, 0.3) is 5.76 Å². The first-order valence-electron chi connectivity index (χ1n) is 14.3. The number of amides is 1. The van der Waals surface area contributed by atoms with Crippen molar-refractivity contribution in [3.8, 4) is 5.75 Å². The van der Waals surface area contributed by atoms with Gasteiger partial charge >= 0.3 is 0 Å². The minimum Gasteiger partial charge on any atom is -0.508 e. The van der Waals surface area contributed by atoms with Crippen molar-refractivity contribution >= 4 is 23.2 Å².